The Kier molecular flexibility index (Phi) is 5.60. The van der Waals surface area contributed by atoms with E-state index in [0.29, 0.717) is 29.0 Å². The maximum atomic E-state index is 13.1. The first kappa shape index (κ1) is 19.4. The van der Waals surface area contributed by atoms with Crippen LogP contribution in [0.2, 0.25) is 0 Å². The highest BCUT2D eigenvalue weighted by molar-refractivity contribution is 5.77. The smallest absolute Gasteiger partial charge is 0.269 e. The van der Waals surface area contributed by atoms with Gasteiger partial charge in [0.25, 0.3) is 11.2 Å². The van der Waals surface area contributed by atoms with Crippen LogP contribution in [-0.4, -0.2) is 14.5 Å². The second-order valence-corrected chi connectivity index (χ2v) is 6.01. The van der Waals surface area contributed by atoms with Crippen LogP contribution < -0.4 is 27.1 Å². The van der Waals surface area contributed by atoms with Gasteiger partial charge in [-0.1, -0.05) is 18.2 Å². The number of pyridine rings is 1. The van der Waals surface area contributed by atoms with Crippen molar-refractivity contribution in [3.05, 3.63) is 105 Å². The zero-order chi connectivity index (χ0) is 18.8. The first-order valence-corrected chi connectivity index (χ1v) is 8.33. The van der Waals surface area contributed by atoms with Gasteiger partial charge < -0.3 is 17.0 Å². The Morgan fingerprint density at radius 1 is 0.964 bits per heavy atom. The first-order valence-electron chi connectivity index (χ1n) is 8.33. The number of non-ortho nitro benzene ring substituents is 1. The number of fused-ring (bicyclic) bond motifs is 1. The summed E-state index contributed by atoms with van der Waals surface area (Å²) in [7, 11) is 0. The van der Waals surface area contributed by atoms with E-state index in [1.807, 2.05) is 41.2 Å². The second-order valence-electron chi connectivity index (χ2n) is 6.01. The molecule has 0 unspecified atom stereocenters. The third-order valence-electron chi connectivity index (χ3n) is 4.27. The molecule has 4 rings (SSSR count). The molecule has 0 aliphatic heterocycles. The maximum Gasteiger partial charge on any atom is 0.269 e. The molecule has 8 heteroatoms. The third-order valence-corrected chi connectivity index (χ3v) is 4.27. The minimum atomic E-state index is -0.466. The van der Waals surface area contributed by atoms with Crippen LogP contribution in [0, 0.1) is 10.1 Å². The molecule has 0 fully saturated rings. The van der Waals surface area contributed by atoms with Crippen molar-refractivity contribution in [3.8, 4) is 5.69 Å². The fraction of sp³-hybridized carbons (Fsp3) is 0.0500. The van der Waals surface area contributed by atoms with Gasteiger partial charge in [0.15, 0.2) is 18.2 Å². The highest BCUT2D eigenvalue weighted by Crippen LogP contribution is 2.17. The van der Waals surface area contributed by atoms with Gasteiger partial charge in [0, 0.05) is 24.3 Å². The summed E-state index contributed by atoms with van der Waals surface area (Å²) in [6.07, 6.45) is 3.78. The summed E-state index contributed by atoms with van der Waals surface area (Å²) < 4.78 is 3.42. The lowest BCUT2D eigenvalue weighted by Crippen LogP contribution is -3.00. The number of rotatable bonds is 4. The Labute approximate surface area is 170 Å². The molecule has 0 amide bonds. The minimum Gasteiger partial charge on any atom is -1.00 e. The van der Waals surface area contributed by atoms with Crippen molar-refractivity contribution in [2.45, 2.75) is 6.54 Å². The van der Waals surface area contributed by atoms with Crippen molar-refractivity contribution >= 4 is 16.6 Å². The zero-order valence-corrected chi connectivity index (χ0v) is 16.2. The van der Waals surface area contributed by atoms with E-state index >= 15 is 0 Å². The molecular weight excluding hydrogens is 424 g/mol. The standard InChI is InChI=1S/C20H15N4O3.BrH/c25-20-17-6-2-3-7-18(17)21-19(14-22-12-4-1-5-13-22)23(20)15-8-10-16(11-9-15)24(26)27;/h1-13H,14H2;1H/q+1;/p-1. The van der Waals surface area contributed by atoms with Crippen molar-refractivity contribution < 1.29 is 26.5 Å². The Morgan fingerprint density at radius 3 is 2.32 bits per heavy atom. The summed E-state index contributed by atoms with van der Waals surface area (Å²) in [6.45, 7) is 0.387. The van der Waals surface area contributed by atoms with Crippen LogP contribution >= 0.6 is 0 Å². The van der Waals surface area contributed by atoms with Crippen molar-refractivity contribution in [1.29, 1.82) is 0 Å². The quantitative estimate of drug-likeness (QED) is 0.247. The third kappa shape index (κ3) is 3.67. The second kappa shape index (κ2) is 8.10. The van der Waals surface area contributed by atoms with E-state index < -0.39 is 4.92 Å². The number of para-hydroxylation sites is 1. The number of aromatic nitrogens is 3. The summed E-state index contributed by atoms with van der Waals surface area (Å²) >= 11 is 0. The number of nitro groups is 1. The van der Waals surface area contributed by atoms with E-state index in [4.69, 9.17) is 0 Å². The van der Waals surface area contributed by atoms with Crippen molar-refractivity contribution in [2.75, 3.05) is 0 Å². The van der Waals surface area contributed by atoms with E-state index in [2.05, 4.69) is 4.98 Å². The molecule has 0 saturated carbocycles. The lowest BCUT2D eigenvalue weighted by Gasteiger charge is -2.12. The molecule has 2 heterocycles. The normalized spacial score (nSPS) is 10.4. The van der Waals surface area contributed by atoms with Gasteiger partial charge in [0.2, 0.25) is 6.54 Å². The van der Waals surface area contributed by atoms with Gasteiger partial charge in [-0.3, -0.25) is 19.5 Å². The molecule has 0 bridgehead atoms. The van der Waals surface area contributed by atoms with Gasteiger partial charge in [-0.25, -0.2) is 4.98 Å². The SMILES string of the molecule is O=c1c2ccccc2nc(C[n+]2ccccc2)n1-c1ccc([N+](=O)[O-])cc1.[Br-]. The fourth-order valence-electron chi connectivity index (χ4n) is 2.98. The predicted molar refractivity (Wildman–Crippen MR) is 99.7 cm³/mol. The Hall–Kier alpha value is -3.39. The summed E-state index contributed by atoms with van der Waals surface area (Å²) in [5, 5.41) is 11.4. The molecule has 0 aliphatic rings. The molecule has 0 aliphatic carbocycles. The molecule has 0 radical (unpaired) electrons. The van der Waals surface area contributed by atoms with E-state index in [0.717, 1.165) is 0 Å². The van der Waals surface area contributed by atoms with Crippen LogP contribution in [0.4, 0.5) is 5.69 Å². The number of nitro benzene ring substituents is 1. The predicted octanol–water partition coefficient (Wildman–Crippen LogP) is -0.366. The molecule has 4 aromatic rings. The number of nitrogens with zero attached hydrogens (tertiary/aromatic N) is 4. The van der Waals surface area contributed by atoms with E-state index in [9.17, 15) is 14.9 Å². The number of benzene rings is 2. The van der Waals surface area contributed by atoms with E-state index in [1.54, 1.807) is 30.3 Å². The molecular formula is C20H15BrN4O3. The highest BCUT2D eigenvalue weighted by atomic mass is 79.9. The number of hydrogen-bond donors (Lipinski definition) is 0. The Morgan fingerprint density at radius 2 is 1.64 bits per heavy atom. The molecule has 140 valence electrons. The maximum absolute atomic E-state index is 13.1. The van der Waals surface area contributed by atoms with Crippen molar-refractivity contribution in [3.63, 3.8) is 0 Å². The van der Waals surface area contributed by atoms with Crippen molar-refractivity contribution in [1.82, 2.24) is 9.55 Å². The monoisotopic (exact) mass is 438 g/mol. The lowest BCUT2D eigenvalue weighted by atomic mass is 10.2. The molecule has 0 atom stereocenters. The highest BCUT2D eigenvalue weighted by Gasteiger charge is 2.16. The first-order chi connectivity index (χ1) is 13.1. The van der Waals surface area contributed by atoms with Crippen LogP contribution in [-0.2, 0) is 6.54 Å². The van der Waals surface area contributed by atoms with Crippen LogP contribution in [0.1, 0.15) is 5.82 Å². The lowest BCUT2D eigenvalue weighted by molar-refractivity contribution is -0.689. The summed E-state index contributed by atoms with van der Waals surface area (Å²) in [4.78, 5) is 28.3. The van der Waals surface area contributed by atoms with Gasteiger partial charge in [-0.05, 0) is 24.3 Å². The van der Waals surface area contributed by atoms with E-state index in [1.165, 1.54) is 16.7 Å². The number of hydrogen-bond acceptors (Lipinski definition) is 4. The molecule has 0 saturated heterocycles. The molecule has 28 heavy (non-hydrogen) atoms. The van der Waals surface area contributed by atoms with Crippen LogP contribution in [0.5, 0.6) is 0 Å². The average molecular weight is 439 g/mol. The summed E-state index contributed by atoms with van der Waals surface area (Å²) in [5.74, 6) is 0.545. The Bertz CT molecular complexity index is 1190. The van der Waals surface area contributed by atoms with Gasteiger partial charge in [-0.2, -0.15) is 4.57 Å². The fourth-order valence-corrected chi connectivity index (χ4v) is 2.98. The van der Waals surface area contributed by atoms with Gasteiger partial charge in [0.1, 0.15) is 0 Å². The van der Waals surface area contributed by atoms with Gasteiger partial charge in [-0.15, -0.1) is 0 Å². The largest absolute Gasteiger partial charge is 1.00 e. The number of halogens is 1. The van der Waals surface area contributed by atoms with Crippen LogP contribution in [0.15, 0.2) is 83.9 Å². The summed E-state index contributed by atoms with van der Waals surface area (Å²) in [6, 6.07) is 18.8. The minimum absolute atomic E-state index is 0. The summed E-state index contributed by atoms with van der Waals surface area (Å²) in [5.41, 5.74) is 0.920. The van der Waals surface area contributed by atoms with Gasteiger partial charge >= 0.3 is 0 Å². The molecule has 0 spiro atoms. The van der Waals surface area contributed by atoms with Crippen LogP contribution in [0.25, 0.3) is 16.6 Å². The van der Waals surface area contributed by atoms with Crippen molar-refractivity contribution in [2.24, 2.45) is 0 Å². The average Bonchev–Trinajstić information content (AvgIpc) is 2.69. The molecule has 0 N–H and O–H groups in total. The zero-order valence-electron chi connectivity index (χ0n) is 14.6. The van der Waals surface area contributed by atoms with E-state index in [-0.39, 0.29) is 28.2 Å². The van der Waals surface area contributed by atoms with Gasteiger partial charge in [0.05, 0.1) is 21.5 Å². The molecule has 7 nitrogen and oxygen atoms in total. The Balaban J connectivity index is 0.00000225. The topological polar surface area (TPSA) is 81.9 Å². The molecule has 2 aromatic carbocycles. The van der Waals surface area contributed by atoms with Crippen LogP contribution in [0.3, 0.4) is 0 Å². The molecule has 2 aromatic heterocycles.